The molecule has 1 aliphatic heterocycles. The van der Waals surface area contributed by atoms with Crippen molar-refractivity contribution in [1.82, 2.24) is 20.0 Å². The highest BCUT2D eigenvalue weighted by Gasteiger charge is 2.22. The summed E-state index contributed by atoms with van der Waals surface area (Å²) in [6.07, 6.45) is 3.34. The quantitative estimate of drug-likeness (QED) is 0.931. The number of hydrogen-bond acceptors (Lipinski definition) is 3. The molecule has 0 atom stereocenters. The van der Waals surface area contributed by atoms with Crippen LogP contribution in [0.1, 0.15) is 28.9 Å². The molecule has 2 heterocycles. The van der Waals surface area contributed by atoms with Gasteiger partial charge >= 0.3 is 0 Å². The second-order valence-electron chi connectivity index (χ2n) is 6.18. The van der Waals surface area contributed by atoms with Gasteiger partial charge in [0.15, 0.2) is 0 Å². The molecule has 2 aromatic rings. The third-order valence-electron chi connectivity index (χ3n) is 4.20. The van der Waals surface area contributed by atoms with Crippen molar-refractivity contribution in [3.05, 3.63) is 53.4 Å². The SMILES string of the molecule is Cn1ccc(C(=O)NC2CCN(Cc3cc(F)cc(F)c3)CC2)n1. The van der Waals surface area contributed by atoms with Crippen LogP contribution in [0.3, 0.4) is 0 Å². The first-order valence-electron chi connectivity index (χ1n) is 7.97. The van der Waals surface area contributed by atoms with Crippen LogP contribution in [0.15, 0.2) is 30.5 Å². The van der Waals surface area contributed by atoms with Gasteiger partial charge in [-0.15, -0.1) is 0 Å². The van der Waals surface area contributed by atoms with Gasteiger partial charge in [0.1, 0.15) is 17.3 Å². The molecule has 5 nitrogen and oxygen atoms in total. The average molecular weight is 334 g/mol. The Morgan fingerprint density at radius 1 is 1.25 bits per heavy atom. The molecule has 1 saturated heterocycles. The van der Waals surface area contributed by atoms with Gasteiger partial charge < -0.3 is 5.32 Å². The number of hydrogen-bond donors (Lipinski definition) is 1. The zero-order valence-electron chi connectivity index (χ0n) is 13.5. The third kappa shape index (κ3) is 4.17. The molecule has 0 bridgehead atoms. The van der Waals surface area contributed by atoms with Crippen molar-refractivity contribution in [3.8, 4) is 0 Å². The van der Waals surface area contributed by atoms with Crippen molar-refractivity contribution in [1.29, 1.82) is 0 Å². The minimum Gasteiger partial charge on any atom is -0.348 e. The Morgan fingerprint density at radius 3 is 2.50 bits per heavy atom. The van der Waals surface area contributed by atoms with Crippen molar-refractivity contribution in [2.45, 2.75) is 25.4 Å². The largest absolute Gasteiger partial charge is 0.348 e. The van der Waals surface area contributed by atoms with Crippen molar-refractivity contribution < 1.29 is 13.6 Å². The van der Waals surface area contributed by atoms with Crippen LogP contribution >= 0.6 is 0 Å². The number of halogens is 2. The van der Waals surface area contributed by atoms with Gasteiger partial charge in [-0.25, -0.2) is 8.78 Å². The predicted octanol–water partition coefficient (Wildman–Crippen LogP) is 2.09. The number of nitrogens with zero attached hydrogens (tertiary/aromatic N) is 3. The molecule has 1 aromatic heterocycles. The van der Waals surface area contributed by atoms with Crippen LogP contribution in [0.4, 0.5) is 8.78 Å². The van der Waals surface area contributed by atoms with E-state index in [2.05, 4.69) is 15.3 Å². The summed E-state index contributed by atoms with van der Waals surface area (Å²) >= 11 is 0. The summed E-state index contributed by atoms with van der Waals surface area (Å²) in [7, 11) is 1.77. The van der Waals surface area contributed by atoms with Gasteiger partial charge in [-0.1, -0.05) is 0 Å². The zero-order valence-corrected chi connectivity index (χ0v) is 13.5. The zero-order chi connectivity index (χ0) is 17.1. The van der Waals surface area contributed by atoms with E-state index in [1.54, 1.807) is 24.0 Å². The standard InChI is InChI=1S/C17H20F2N4O/c1-22-5-4-16(21-22)17(24)20-15-2-6-23(7-3-15)11-12-8-13(18)10-14(19)9-12/h4-5,8-10,15H,2-3,6-7,11H2,1H3,(H,20,24). The molecular weight excluding hydrogens is 314 g/mol. The van der Waals surface area contributed by atoms with Crippen molar-refractivity contribution in [3.63, 3.8) is 0 Å². The van der Waals surface area contributed by atoms with Crippen LogP contribution in [0.2, 0.25) is 0 Å². The lowest BCUT2D eigenvalue weighted by atomic mass is 10.0. The first-order chi connectivity index (χ1) is 11.5. The third-order valence-corrected chi connectivity index (χ3v) is 4.20. The highest BCUT2D eigenvalue weighted by molar-refractivity contribution is 5.92. The maximum atomic E-state index is 13.2. The Morgan fingerprint density at radius 2 is 1.92 bits per heavy atom. The number of amides is 1. The van der Waals surface area contributed by atoms with E-state index in [0.717, 1.165) is 32.0 Å². The normalized spacial score (nSPS) is 16.3. The molecule has 0 spiro atoms. The summed E-state index contributed by atoms with van der Waals surface area (Å²) in [6, 6.07) is 5.38. The minimum absolute atomic E-state index is 0.0972. The molecule has 0 radical (unpaired) electrons. The number of benzene rings is 1. The molecule has 1 fully saturated rings. The lowest BCUT2D eigenvalue weighted by Gasteiger charge is -2.32. The van der Waals surface area contributed by atoms with Crippen LogP contribution in [0, 0.1) is 11.6 Å². The smallest absolute Gasteiger partial charge is 0.271 e. The van der Waals surface area contributed by atoms with Gasteiger partial charge in [-0.05, 0) is 36.6 Å². The number of aromatic nitrogens is 2. The summed E-state index contributed by atoms with van der Waals surface area (Å²) in [5.74, 6) is -1.27. The summed E-state index contributed by atoms with van der Waals surface area (Å²) < 4.78 is 28.1. The Labute approximate surface area is 139 Å². The van der Waals surface area contributed by atoms with Crippen LogP contribution < -0.4 is 5.32 Å². The first-order valence-corrected chi connectivity index (χ1v) is 7.97. The fourth-order valence-electron chi connectivity index (χ4n) is 2.99. The lowest BCUT2D eigenvalue weighted by molar-refractivity contribution is 0.0903. The van der Waals surface area contributed by atoms with Crippen LogP contribution in [-0.4, -0.2) is 39.7 Å². The number of carbonyl (C=O) groups excluding carboxylic acids is 1. The van der Waals surface area contributed by atoms with Gasteiger partial charge in [0, 0.05) is 45.0 Å². The highest BCUT2D eigenvalue weighted by atomic mass is 19.1. The summed E-state index contributed by atoms with van der Waals surface area (Å²) in [5.41, 5.74) is 1.04. The molecule has 128 valence electrons. The first kappa shape index (κ1) is 16.6. The Bertz CT molecular complexity index is 703. The number of nitrogens with one attached hydrogen (secondary N) is 1. The van der Waals surface area contributed by atoms with E-state index in [9.17, 15) is 13.6 Å². The van der Waals surface area contributed by atoms with Gasteiger partial charge in [0.2, 0.25) is 0 Å². The van der Waals surface area contributed by atoms with Crippen molar-refractivity contribution in [2.24, 2.45) is 7.05 Å². The molecule has 1 N–H and O–H groups in total. The lowest BCUT2D eigenvalue weighted by Crippen LogP contribution is -2.44. The monoisotopic (exact) mass is 334 g/mol. The van der Waals surface area contributed by atoms with Crippen molar-refractivity contribution in [2.75, 3.05) is 13.1 Å². The molecule has 24 heavy (non-hydrogen) atoms. The minimum atomic E-state index is -0.553. The fourth-order valence-corrected chi connectivity index (χ4v) is 2.99. The molecule has 3 rings (SSSR count). The number of rotatable bonds is 4. The second kappa shape index (κ2) is 7.09. The van der Waals surface area contributed by atoms with Gasteiger partial charge in [-0.2, -0.15) is 5.10 Å². The maximum Gasteiger partial charge on any atom is 0.271 e. The van der Waals surface area contributed by atoms with E-state index in [1.165, 1.54) is 12.1 Å². The van der Waals surface area contributed by atoms with E-state index in [4.69, 9.17) is 0 Å². The Hall–Kier alpha value is -2.28. The molecule has 0 aliphatic carbocycles. The molecule has 0 unspecified atom stereocenters. The number of carbonyl (C=O) groups is 1. The predicted molar refractivity (Wildman–Crippen MR) is 85.3 cm³/mol. The fraction of sp³-hybridized carbons (Fsp3) is 0.412. The summed E-state index contributed by atoms with van der Waals surface area (Å²) in [5, 5.41) is 7.08. The average Bonchev–Trinajstić information content (AvgIpc) is 2.95. The van der Waals surface area contributed by atoms with Gasteiger partial charge in [0.25, 0.3) is 5.91 Å². The van der Waals surface area contributed by atoms with Crippen LogP contribution in [0.25, 0.3) is 0 Å². The number of piperidine rings is 1. The van der Waals surface area contributed by atoms with Gasteiger partial charge in [-0.3, -0.25) is 14.4 Å². The van der Waals surface area contributed by atoms with E-state index in [0.29, 0.717) is 17.8 Å². The molecule has 1 aromatic carbocycles. The highest BCUT2D eigenvalue weighted by Crippen LogP contribution is 2.16. The molecule has 1 amide bonds. The van der Waals surface area contributed by atoms with Crippen LogP contribution in [0.5, 0.6) is 0 Å². The Kier molecular flexibility index (Phi) is 4.89. The van der Waals surface area contributed by atoms with E-state index >= 15 is 0 Å². The van der Waals surface area contributed by atoms with E-state index in [-0.39, 0.29) is 11.9 Å². The molecule has 1 aliphatic rings. The van der Waals surface area contributed by atoms with Crippen LogP contribution in [-0.2, 0) is 13.6 Å². The number of aryl methyl sites for hydroxylation is 1. The van der Waals surface area contributed by atoms with E-state index < -0.39 is 11.6 Å². The topological polar surface area (TPSA) is 50.2 Å². The van der Waals surface area contributed by atoms with E-state index in [1.807, 2.05) is 0 Å². The second-order valence-corrected chi connectivity index (χ2v) is 6.18. The maximum absolute atomic E-state index is 13.2. The number of likely N-dealkylation sites (tertiary alicyclic amines) is 1. The summed E-state index contributed by atoms with van der Waals surface area (Å²) in [4.78, 5) is 14.2. The summed E-state index contributed by atoms with van der Waals surface area (Å²) in [6.45, 7) is 2.05. The Balaban J connectivity index is 1.49. The molecule has 0 saturated carbocycles. The molecule has 7 heteroatoms. The van der Waals surface area contributed by atoms with Crippen molar-refractivity contribution >= 4 is 5.91 Å². The van der Waals surface area contributed by atoms with Gasteiger partial charge in [0.05, 0.1) is 0 Å². The molecular formula is C17H20F2N4O.